The molecule has 0 aliphatic heterocycles. The van der Waals surface area contributed by atoms with Gasteiger partial charge in [0.1, 0.15) is 0 Å². The highest BCUT2D eigenvalue weighted by molar-refractivity contribution is 6.32. The summed E-state index contributed by atoms with van der Waals surface area (Å²) in [6.45, 7) is 1.74. The maximum atomic E-state index is 12.4. The molecule has 2 aromatic rings. The smallest absolute Gasteiger partial charge is 0.336 e. The first-order chi connectivity index (χ1) is 9.02. The molecule has 2 aromatic carbocycles. The normalized spacial score (nSPS) is 10.2. The molecule has 0 saturated heterocycles. The molecule has 96 valence electrons. The highest BCUT2D eigenvalue weighted by Crippen LogP contribution is 2.22. The molecule has 0 heterocycles. The average molecular weight is 275 g/mol. The van der Waals surface area contributed by atoms with Gasteiger partial charge in [-0.3, -0.25) is 4.79 Å². The predicted octanol–water partition coefficient (Wildman–Crippen LogP) is 3.58. The van der Waals surface area contributed by atoms with Crippen LogP contribution < -0.4 is 0 Å². The van der Waals surface area contributed by atoms with Gasteiger partial charge in [0.05, 0.1) is 5.56 Å². The monoisotopic (exact) mass is 274 g/mol. The summed E-state index contributed by atoms with van der Waals surface area (Å²) in [5.41, 5.74) is 1.22. The molecule has 0 fully saturated rings. The van der Waals surface area contributed by atoms with Crippen LogP contribution in [-0.2, 0) is 0 Å². The zero-order valence-corrected chi connectivity index (χ0v) is 10.9. The predicted molar refractivity (Wildman–Crippen MR) is 73.0 cm³/mol. The van der Waals surface area contributed by atoms with Gasteiger partial charge in [0, 0.05) is 16.1 Å². The number of halogens is 1. The lowest BCUT2D eigenvalue weighted by Crippen LogP contribution is -2.10. The molecule has 0 radical (unpaired) electrons. The lowest BCUT2D eigenvalue weighted by atomic mass is 9.95. The van der Waals surface area contributed by atoms with E-state index in [1.807, 2.05) is 0 Å². The van der Waals surface area contributed by atoms with Gasteiger partial charge in [-0.25, -0.2) is 4.79 Å². The molecule has 2 rings (SSSR count). The molecule has 3 nitrogen and oxygen atoms in total. The number of carbonyl (C=O) groups excluding carboxylic acids is 1. The molecule has 0 aliphatic carbocycles. The minimum atomic E-state index is -1.12. The minimum Gasteiger partial charge on any atom is -0.478 e. The second kappa shape index (κ2) is 5.24. The fourth-order valence-corrected chi connectivity index (χ4v) is 2.04. The highest BCUT2D eigenvalue weighted by atomic mass is 35.5. The van der Waals surface area contributed by atoms with Gasteiger partial charge in [0.2, 0.25) is 0 Å². The second-order valence-corrected chi connectivity index (χ2v) is 4.50. The van der Waals surface area contributed by atoms with E-state index in [-0.39, 0.29) is 16.9 Å². The summed E-state index contributed by atoms with van der Waals surface area (Å²) in [6, 6.07) is 11.1. The first-order valence-corrected chi connectivity index (χ1v) is 6.02. The van der Waals surface area contributed by atoms with Crippen molar-refractivity contribution in [1.82, 2.24) is 0 Å². The van der Waals surface area contributed by atoms with Crippen LogP contribution in [0.4, 0.5) is 0 Å². The summed E-state index contributed by atoms with van der Waals surface area (Å²) in [7, 11) is 0. The molecule has 0 saturated carbocycles. The van der Waals surface area contributed by atoms with Crippen molar-refractivity contribution in [3.05, 3.63) is 69.7 Å². The van der Waals surface area contributed by atoms with E-state index >= 15 is 0 Å². The van der Waals surface area contributed by atoms with Gasteiger partial charge in [0.15, 0.2) is 5.78 Å². The molecule has 4 heteroatoms. The number of carboxylic acids is 1. The zero-order valence-electron chi connectivity index (χ0n) is 10.2. The molecule has 0 atom stereocenters. The Morgan fingerprint density at radius 3 is 2.16 bits per heavy atom. The number of ketones is 1. The highest BCUT2D eigenvalue weighted by Gasteiger charge is 2.19. The van der Waals surface area contributed by atoms with Crippen LogP contribution in [0.2, 0.25) is 5.02 Å². The van der Waals surface area contributed by atoms with E-state index in [1.54, 1.807) is 37.3 Å². The molecule has 19 heavy (non-hydrogen) atoms. The molecule has 0 amide bonds. The van der Waals surface area contributed by atoms with Gasteiger partial charge in [0.25, 0.3) is 0 Å². The van der Waals surface area contributed by atoms with E-state index in [2.05, 4.69) is 0 Å². The summed E-state index contributed by atoms with van der Waals surface area (Å²) >= 11 is 5.98. The van der Waals surface area contributed by atoms with E-state index in [0.29, 0.717) is 16.1 Å². The molecule has 0 bridgehead atoms. The van der Waals surface area contributed by atoms with Crippen LogP contribution >= 0.6 is 11.6 Å². The van der Waals surface area contributed by atoms with Gasteiger partial charge in [-0.05, 0) is 24.6 Å². The Morgan fingerprint density at radius 1 is 0.947 bits per heavy atom. The quantitative estimate of drug-likeness (QED) is 0.871. The number of hydrogen-bond acceptors (Lipinski definition) is 2. The van der Waals surface area contributed by atoms with Gasteiger partial charge in [-0.15, -0.1) is 0 Å². The Bertz CT molecular complexity index is 662. The van der Waals surface area contributed by atoms with Crippen molar-refractivity contribution in [3.8, 4) is 0 Å². The third-order valence-electron chi connectivity index (χ3n) is 2.91. The van der Waals surface area contributed by atoms with Crippen LogP contribution in [0.5, 0.6) is 0 Å². The molecule has 1 N–H and O–H groups in total. The third-order valence-corrected chi connectivity index (χ3v) is 3.32. The van der Waals surface area contributed by atoms with E-state index < -0.39 is 5.97 Å². The van der Waals surface area contributed by atoms with Gasteiger partial charge in [-0.2, -0.15) is 0 Å². The van der Waals surface area contributed by atoms with Crippen LogP contribution in [-0.4, -0.2) is 16.9 Å². The van der Waals surface area contributed by atoms with Crippen molar-refractivity contribution in [2.24, 2.45) is 0 Å². The standard InChI is InChI=1S/C15H11ClO3/c1-9-10(7-4-8-13(9)16)14(17)11-5-2-3-6-12(11)15(18)19/h2-8H,1H3,(H,18,19). The van der Waals surface area contributed by atoms with E-state index in [1.165, 1.54) is 12.1 Å². The SMILES string of the molecule is Cc1c(Cl)cccc1C(=O)c1ccccc1C(=O)O. The van der Waals surface area contributed by atoms with Crippen LogP contribution in [0, 0.1) is 6.92 Å². The first-order valence-electron chi connectivity index (χ1n) is 5.64. The Labute approximate surface area is 115 Å². The third kappa shape index (κ3) is 2.51. The van der Waals surface area contributed by atoms with Crippen LogP contribution in [0.3, 0.4) is 0 Å². The molecule has 0 aromatic heterocycles. The summed E-state index contributed by atoms with van der Waals surface area (Å²) in [5.74, 6) is -1.46. The molecule has 0 unspecified atom stereocenters. The topological polar surface area (TPSA) is 54.4 Å². The van der Waals surface area contributed by atoms with Crippen molar-refractivity contribution >= 4 is 23.4 Å². The Morgan fingerprint density at radius 2 is 1.53 bits per heavy atom. The Kier molecular flexibility index (Phi) is 3.67. The van der Waals surface area contributed by atoms with Gasteiger partial charge < -0.3 is 5.11 Å². The van der Waals surface area contributed by atoms with E-state index in [0.717, 1.165) is 0 Å². The lowest BCUT2D eigenvalue weighted by Gasteiger charge is -2.08. The van der Waals surface area contributed by atoms with E-state index in [4.69, 9.17) is 16.7 Å². The number of benzene rings is 2. The van der Waals surface area contributed by atoms with Gasteiger partial charge in [-0.1, -0.05) is 41.9 Å². The summed E-state index contributed by atoms with van der Waals surface area (Å²) in [5, 5.41) is 9.59. The fourth-order valence-electron chi connectivity index (χ4n) is 1.87. The van der Waals surface area contributed by atoms with Crippen LogP contribution in [0.1, 0.15) is 31.8 Å². The lowest BCUT2D eigenvalue weighted by molar-refractivity contribution is 0.0693. The number of carbonyl (C=O) groups is 2. The zero-order chi connectivity index (χ0) is 14.0. The second-order valence-electron chi connectivity index (χ2n) is 4.09. The molecular weight excluding hydrogens is 264 g/mol. The number of carboxylic acid groups (broad SMARTS) is 1. The number of aromatic carboxylic acids is 1. The van der Waals surface area contributed by atoms with E-state index in [9.17, 15) is 9.59 Å². The maximum absolute atomic E-state index is 12.4. The molecule has 0 aliphatic rings. The number of rotatable bonds is 3. The largest absolute Gasteiger partial charge is 0.478 e. The Hall–Kier alpha value is -2.13. The van der Waals surface area contributed by atoms with Crippen molar-refractivity contribution in [1.29, 1.82) is 0 Å². The summed E-state index contributed by atoms with van der Waals surface area (Å²) in [6.07, 6.45) is 0. The number of hydrogen-bond donors (Lipinski definition) is 1. The van der Waals surface area contributed by atoms with Crippen molar-refractivity contribution in [3.63, 3.8) is 0 Å². The Balaban J connectivity index is 2.57. The average Bonchev–Trinajstić information content (AvgIpc) is 2.41. The minimum absolute atomic E-state index is 0.00752. The summed E-state index contributed by atoms with van der Waals surface area (Å²) < 4.78 is 0. The van der Waals surface area contributed by atoms with Crippen LogP contribution in [0.15, 0.2) is 42.5 Å². The van der Waals surface area contributed by atoms with Crippen molar-refractivity contribution in [2.45, 2.75) is 6.92 Å². The van der Waals surface area contributed by atoms with Gasteiger partial charge >= 0.3 is 5.97 Å². The van der Waals surface area contributed by atoms with Crippen molar-refractivity contribution < 1.29 is 14.7 Å². The summed E-state index contributed by atoms with van der Waals surface area (Å²) in [4.78, 5) is 23.6. The fraction of sp³-hybridized carbons (Fsp3) is 0.0667. The molecular formula is C15H11ClO3. The first kappa shape index (κ1) is 13.3. The maximum Gasteiger partial charge on any atom is 0.336 e. The van der Waals surface area contributed by atoms with Crippen LogP contribution in [0.25, 0.3) is 0 Å². The molecule has 0 spiro atoms. The van der Waals surface area contributed by atoms with Crippen molar-refractivity contribution in [2.75, 3.05) is 0 Å².